The summed E-state index contributed by atoms with van der Waals surface area (Å²) < 4.78 is 10.4. The van der Waals surface area contributed by atoms with Gasteiger partial charge in [0.2, 0.25) is 0 Å². The molecule has 4 nitrogen and oxygen atoms in total. The third kappa shape index (κ3) is 4.23. The van der Waals surface area contributed by atoms with E-state index >= 15 is 0 Å². The van der Waals surface area contributed by atoms with E-state index in [9.17, 15) is 4.79 Å². The van der Waals surface area contributed by atoms with E-state index in [-0.39, 0.29) is 18.1 Å². The van der Waals surface area contributed by atoms with Crippen molar-refractivity contribution in [3.05, 3.63) is 29.8 Å². The van der Waals surface area contributed by atoms with Gasteiger partial charge in [0.05, 0.1) is 13.7 Å². The van der Waals surface area contributed by atoms with Crippen molar-refractivity contribution in [3.8, 4) is 5.75 Å². The molecule has 4 heteroatoms. The van der Waals surface area contributed by atoms with Crippen molar-refractivity contribution in [2.45, 2.75) is 38.8 Å². The summed E-state index contributed by atoms with van der Waals surface area (Å²) in [5.41, 5.74) is 1.26. The SMILES string of the molecule is COc1ccc(CCC2NC2C(=O)OCC(C)C)cc1. The summed E-state index contributed by atoms with van der Waals surface area (Å²) in [6.45, 7) is 4.58. The van der Waals surface area contributed by atoms with Gasteiger partial charge in [-0.3, -0.25) is 10.1 Å². The van der Waals surface area contributed by atoms with Gasteiger partial charge in [-0.05, 0) is 36.5 Å². The molecule has 0 radical (unpaired) electrons. The van der Waals surface area contributed by atoms with E-state index in [1.165, 1.54) is 5.56 Å². The second-order valence-electron chi connectivity index (χ2n) is 5.66. The van der Waals surface area contributed by atoms with Crippen LogP contribution in [-0.4, -0.2) is 31.8 Å². The van der Waals surface area contributed by atoms with Gasteiger partial charge in [-0.25, -0.2) is 0 Å². The van der Waals surface area contributed by atoms with Crippen LogP contribution >= 0.6 is 0 Å². The van der Waals surface area contributed by atoms with Crippen molar-refractivity contribution in [2.24, 2.45) is 5.92 Å². The molecule has 1 N–H and O–H groups in total. The lowest BCUT2D eigenvalue weighted by molar-refractivity contribution is -0.144. The Morgan fingerprint density at radius 1 is 1.30 bits per heavy atom. The van der Waals surface area contributed by atoms with Crippen molar-refractivity contribution in [1.29, 1.82) is 0 Å². The van der Waals surface area contributed by atoms with Gasteiger partial charge in [0.15, 0.2) is 0 Å². The summed E-state index contributed by atoms with van der Waals surface area (Å²) in [5.74, 6) is 1.14. The molecule has 2 unspecified atom stereocenters. The summed E-state index contributed by atoms with van der Waals surface area (Å²) >= 11 is 0. The Bertz CT molecular complexity index is 442. The maximum Gasteiger partial charge on any atom is 0.324 e. The lowest BCUT2D eigenvalue weighted by Gasteiger charge is -2.06. The predicted octanol–water partition coefficient (Wildman–Crippen LogP) is 2.17. The fourth-order valence-corrected chi connectivity index (χ4v) is 2.11. The fourth-order valence-electron chi connectivity index (χ4n) is 2.11. The number of nitrogens with one attached hydrogen (secondary N) is 1. The summed E-state index contributed by atoms with van der Waals surface area (Å²) in [4.78, 5) is 11.7. The van der Waals surface area contributed by atoms with Crippen LogP contribution in [0.1, 0.15) is 25.8 Å². The van der Waals surface area contributed by atoms with E-state index in [1.54, 1.807) is 7.11 Å². The highest BCUT2D eigenvalue weighted by Gasteiger charge is 2.42. The smallest absolute Gasteiger partial charge is 0.324 e. The van der Waals surface area contributed by atoms with Crippen LogP contribution in [0.2, 0.25) is 0 Å². The zero-order valence-electron chi connectivity index (χ0n) is 12.4. The number of esters is 1. The summed E-state index contributed by atoms with van der Waals surface area (Å²) in [5, 5.41) is 3.19. The average Bonchev–Trinajstić information content (AvgIpc) is 3.22. The second kappa shape index (κ2) is 6.75. The molecule has 0 amide bonds. The minimum absolute atomic E-state index is 0.105. The minimum Gasteiger partial charge on any atom is -0.497 e. The molecular weight excluding hydrogens is 254 g/mol. The number of hydrogen-bond donors (Lipinski definition) is 1. The van der Waals surface area contributed by atoms with Crippen molar-refractivity contribution in [1.82, 2.24) is 5.32 Å². The predicted molar refractivity (Wildman–Crippen MR) is 77.8 cm³/mol. The molecule has 1 aromatic rings. The number of aryl methyl sites for hydroxylation is 1. The van der Waals surface area contributed by atoms with Gasteiger partial charge in [0.25, 0.3) is 0 Å². The molecule has 110 valence electrons. The van der Waals surface area contributed by atoms with Gasteiger partial charge in [-0.15, -0.1) is 0 Å². The first kappa shape index (κ1) is 14.9. The van der Waals surface area contributed by atoms with E-state index < -0.39 is 0 Å². The Balaban J connectivity index is 1.69. The summed E-state index contributed by atoms with van der Waals surface area (Å²) in [6.07, 6.45) is 1.91. The number of hydrogen-bond acceptors (Lipinski definition) is 4. The number of carbonyl (C=O) groups is 1. The molecule has 1 aromatic carbocycles. The number of benzene rings is 1. The molecule has 2 atom stereocenters. The number of ether oxygens (including phenoxy) is 2. The second-order valence-corrected chi connectivity index (χ2v) is 5.66. The van der Waals surface area contributed by atoms with Gasteiger partial charge >= 0.3 is 5.97 Å². The largest absolute Gasteiger partial charge is 0.497 e. The monoisotopic (exact) mass is 277 g/mol. The molecule has 1 aliphatic rings. The molecule has 0 saturated carbocycles. The van der Waals surface area contributed by atoms with Crippen molar-refractivity contribution in [2.75, 3.05) is 13.7 Å². The van der Waals surface area contributed by atoms with Crippen LogP contribution in [0.4, 0.5) is 0 Å². The molecule has 1 saturated heterocycles. The lowest BCUT2D eigenvalue weighted by atomic mass is 10.1. The van der Waals surface area contributed by atoms with Crippen LogP contribution in [0.3, 0.4) is 0 Å². The quantitative estimate of drug-likeness (QED) is 0.613. The first-order chi connectivity index (χ1) is 9.60. The standard InChI is InChI=1S/C16H23NO3/c1-11(2)10-20-16(18)15-14(17-15)9-6-12-4-7-13(19-3)8-5-12/h4-5,7-8,11,14-15,17H,6,9-10H2,1-3H3. The number of rotatable bonds is 7. The molecule has 2 rings (SSSR count). The lowest BCUT2D eigenvalue weighted by Crippen LogP contribution is -2.18. The molecule has 0 aliphatic carbocycles. The van der Waals surface area contributed by atoms with Crippen LogP contribution in [0.15, 0.2) is 24.3 Å². The van der Waals surface area contributed by atoms with Gasteiger partial charge in [0.1, 0.15) is 11.8 Å². The van der Waals surface area contributed by atoms with Crippen LogP contribution in [0, 0.1) is 5.92 Å². The van der Waals surface area contributed by atoms with E-state index in [2.05, 4.69) is 17.4 Å². The van der Waals surface area contributed by atoms with Crippen LogP contribution < -0.4 is 10.1 Å². The van der Waals surface area contributed by atoms with Gasteiger partial charge < -0.3 is 9.47 Å². The number of methoxy groups -OCH3 is 1. The highest BCUT2D eigenvalue weighted by Crippen LogP contribution is 2.20. The third-order valence-electron chi connectivity index (χ3n) is 3.40. The highest BCUT2D eigenvalue weighted by atomic mass is 16.5. The zero-order valence-corrected chi connectivity index (χ0v) is 12.4. The third-order valence-corrected chi connectivity index (χ3v) is 3.40. The first-order valence-corrected chi connectivity index (χ1v) is 7.15. The molecule has 20 heavy (non-hydrogen) atoms. The van der Waals surface area contributed by atoms with E-state index in [1.807, 2.05) is 26.0 Å². The van der Waals surface area contributed by atoms with Gasteiger partial charge in [-0.2, -0.15) is 0 Å². The maximum atomic E-state index is 11.7. The molecule has 0 spiro atoms. The topological polar surface area (TPSA) is 57.5 Å². The molecule has 1 fully saturated rings. The van der Waals surface area contributed by atoms with E-state index in [0.717, 1.165) is 18.6 Å². The van der Waals surface area contributed by atoms with Gasteiger partial charge in [-0.1, -0.05) is 26.0 Å². The Hall–Kier alpha value is -1.55. The fraction of sp³-hybridized carbons (Fsp3) is 0.562. The Morgan fingerprint density at radius 3 is 2.60 bits per heavy atom. The normalized spacial score (nSPS) is 20.8. The van der Waals surface area contributed by atoms with Crippen molar-refractivity contribution >= 4 is 5.97 Å². The molecule has 1 heterocycles. The molecule has 0 bridgehead atoms. The molecule has 1 aliphatic heterocycles. The Kier molecular flexibility index (Phi) is 5.01. The van der Waals surface area contributed by atoms with Gasteiger partial charge in [0, 0.05) is 6.04 Å². The molecule has 0 aromatic heterocycles. The maximum absolute atomic E-state index is 11.7. The highest BCUT2D eigenvalue weighted by molar-refractivity contribution is 5.80. The Labute approximate surface area is 120 Å². The first-order valence-electron chi connectivity index (χ1n) is 7.15. The Morgan fingerprint density at radius 2 is 2.00 bits per heavy atom. The minimum atomic E-state index is -0.113. The number of carbonyl (C=O) groups excluding carboxylic acids is 1. The molecular formula is C16H23NO3. The van der Waals surface area contributed by atoms with E-state index in [4.69, 9.17) is 9.47 Å². The van der Waals surface area contributed by atoms with E-state index in [0.29, 0.717) is 12.5 Å². The summed E-state index contributed by atoms with van der Waals surface area (Å²) in [7, 11) is 1.66. The van der Waals surface area contributed by atoms with Crippen molar-refractivity contribution < 1.29 is 14.3 Å². The summed E-state index contributed by atoms with van der Waals surface area (Å²) in [6, 6.07) is 8.21. The van der Waals surface area contributed by atoms with Crippen LogP contribution in [0.5, 0.6) is 5.75 Å². The zero-order chi connectivity index (χ0) is 14.5. The van der Waals surface area contributed by atoms with Crippen LogP contribution in [0.25, 0.3) is 0 Å². The van der Waals surface area contributed by atoms with Crippen LogP contribution in [-0.2, 0) is 16.0 Å². The average molecular weight is 277 g/mol. The van der Waals surface area contributed by atoms with Crippen molar-refractivity contribution in [3.63, 3.8) is 0 Å².